The summed E-state index contributed by atoms with van der Waals surface area (Å²) in [5, 5.41) is 0. The zero-order chi connectivity index (χ0) is 11.4. The first-order valence-corrected chi connectivity index (χ1v) is 5.46. The maximum absolute atomic E-state index is 11.7. The van der Waals surface area contributed by atoms with Crippen LogP contribution in [-0.2, 0) is 0 Å². The van der Waals surface area contributed by atoms with Gasteiger partial charge in [0.1, 0.15) is 0 Å². The van der Waals surface area contributed by atoms with Crippen molar-refractivity contribution >= 4 is 6.03 Å². The van der Waals surface area contributed by atoms with Gasteiger partial charge in [-0.05, 0) is 6.92 Å². The molecule has 0 aromatic rings. The van der Waals surface area contributed by atoms with Gasteiger partial charge in [0.25, 0.3) is 0 Å². The maximum Gasteiger partial charge on any atom is 0.319 e. The van der Waals surface area contributed by atoms with E-state index in [1.54, 1.807) is 19.0 Å². The number of rotatable bonds is 2. The van der Waals surface area contributed by atoms with E-state index >= 15 is 0 Å². The first-order chi connectivity index (χ1) is 7.06. The highest BCUT2D eigenvalue weighted by Gasteiger charge is 2.23. The molecule has 0 radical (unpaired) electrons. The van der Waals surface area contributed by atoms with Gasteiger partial charge in [-0.2, -0.15) is 0 Å². The van der Waals surface area contributed by atoms with Gasteiger partial charge in [0, 0.05) is 52.9 Å². The second-order valence-corrected chi connectivity index (χ2v) is 4.28. The Bertz CT molecular complexity index is 211. The summed E-state index contributed by atoms with van der Waals surface area (Å²) in [6, 6.07) is 0.525. The SMILES string of the molecule is CC(CN)N1CCN(C(=O)N(C)C)CC1. The number of nitrogens with two attached hydrogens (primary N) is 1. The van der Waals surface area contributed by atoms with Gasteiger partial charge in [0.15, 0.2) is 0 Å². The molecule has 1 unspecified atom stereocenters. The van der Waals surface area contributed by atoms with Gasteiger partial charge in [-0.1, -0.05) is 0 Å². The number of nitrogens with zero attached hydrogens (tertiary/aromatic N) is 3. The zero-order valence-electron chi connectivity index (χ0n) is 9.94. The second-order valence-electron chi connectivity index (χ2n) is 4.28. The van der Waals surface area contributed by atoms with E-state index in [4.69, 9.17) is 5.73 Å². The standard InChI is InChI=1S/C10H22N4O/c1-9(8-11)13-4-6-14(7-5-13)10(15)12(2)3/h9H,4-8,11H2,1-3H3. The average Bonchev–Trinajstić information content (AvgIpc) is 2.27. The molecule has 88 valence electrons. The third-order valence-corrected chi connectivity index (χ3v) is 2.93. The van der Waals surface area contributed by atoms with E-state index in [0.29, 0.717) is 12.6 Å². The van der Waals surface area contributed by atoms with Crippen molar-refractivity contribution in [3.8, 4) is 0 Å². The number of hydrogen-bond acceptors (Lipinski definition) is 3. The molecule has 0 aromatic carbocycles. The predicted molar refractivity (Wildman–Crippen MR) is 60.7 cm³/mol. The number of carbonyl (C=O) groups excluding carboxylic acids is 1. The number of piperazine rings is 1. The Balaban J connectivity index is 2.39. The fourth-order valence-corrected chi connectivity index (χ4v) is 1.79. The minimum absolute atomic E-state index is 0.107. The summed E-state index contributed by atoms with van der Waals surface area (Å²) in [5.41, 5.74) is 5.62. The minimum Gasteiger partial charge on any atom is -0.331 e. The van der Waals surface area contributed by atoms with E-state index in [2.05, 4.69) is 11.8 Å². The Morgan fingerprint density at radius 3 is 2.27 bits per heavy atom. The van der Waals surface area contributed by atoms with E-state index in [1.807, 2.05) is 4.90 Å². The van der Waals surface area contributed by atoms with Crippen LogP contribution in [0, 0.1) is 0 Å². The Labute approximate surface area is 91.8 Å². The first-order valence-electron chi connectivity index (χ1n) is 5.46. The molecule has 0 aromatic heterocycles. The quantitative estimate of drug-likeness (QED) is 0.682. The van der Waals surface area contributed by atoms with Crippen LogP contribution >= 0.6 is 0 Å². The van der Waals surface area contributed by atoms with Gasteiger partial charge in [-0.3, -0.25) is 4.90 Å². The van der Waals surface area contributed by atoms with Crippen LogP contribution in [0.25, 0.3) is 0 Å². The van der Waals surface area contributed by atoms with Gasteiger partial charge in [-0.15, -0.1) is 0 Å². The van der Waals surface area contributed by atoms with Crippen LogP contribution in [0.5, 0.6) is 0 Å². The fourth-order valence-electron chi connectivity index (χ4n) is 1.79. The minimum atomic E-state index is 0.107. The van der Waals surface area contributed by atoms with Crippen LogP contribution in [0.1, 0.15) is 6.92 Å². The molecule has 0 spiro atoms. The number of urea groups is 1. The number of amides is 2. The monoisotopic (exact) mass is 214 g/mol. The zero-order valence-corrected chi connectivity index (χ0v) is 9.94. The van der Waals surface area contributed by atoms with Crippen LogP contribution in [0.2, 0.25) is 0 Å². The molecule has 1 heterocycles. The molecule has 0 bridgehead atoms. The Morgan fingerprint density at radius 1 is 1.33 bits per heavy atom. The fraction of sp³-hybridized carbons (Fsp3) is 0.900. The van der Waals surface area contributed by atoms with E-state index in [9.17, 15) is 4.79 Å². The van der Waals surface area contributed by atoms with Crippen molar-refractivity contribution in [2.75, 3.05) is 46.8 Å². The van der Waals surface area contributed by atoms with Crippen molar-refractivity contribution in [2.24, 2.45) is 5.73 Å². The summed E-state index contributed by atoms with van der Waals surface area (Å²) in [6.07, 6.45) is 0. The Kier molecular flexibility index (Phi) is 4.35. The summed E-state index contributed by atoms with van der Waals surface area (Å²) >= 11 is 0. The highest BCUT2D eigenvalue weighted by molar-refractivity contribution is 5.73. The Hall–Kier alpha value is -0.810. The lowest BCUT2D eigenvalue weighted by Gasteiger charge is -2.38. The summed E-state index contributed by atoms with van der Waals surface area (Å²) in [5.74, 6) is 0. The van der Waals surface area contributed by atoms with Crippen molar-refractivity contribution in [2.45, 2.75) is 13.0 Å². The molecule has 2 amide bonds. The lowest BCUT2D eigenvalue weighted by molar-refractivity contribution is 0.104. The summed E-state index contributed by atoms with van der Waals surface area (Å²) in [6.45, 7) is 6.28. The van der Waals surface area contributed by atoms with Crippen LogP contribution in [0.4, 0.5) is 4.79 Å². The predicted octanol–water partition coefficient (Wildman–Crippen LogP) is -0.367. The molecular formula is C10H22N4O. The van der Waals surface area contributed by atoms with Crippen LogP contribution < -0.4 is 5.73 Å². The van der Waals surface area contributed by atoms with Gasteiger partial charge in [0.05, 0.1) is 0 Å². The second kappa shape index (κ2) is 5.32. The van der Waals surface area contributed by atoms with Gasteiger partial charge < -0.3 is 15.5 Å². The van der Waals surface area contributed by atoms with E-state index in [-0.39, 0.29) is 6.03 Å². The molecule has 1 aliphatic heterocycles. The molecule has 2 N–H and O–H groups in total. The Morgan fingerprint density at radius 2 is 1.87 bits per heavy atom. The molecule has 0 aliphatic carbocycles. The van der Waals surface area contributed by atoms with Crippen LogP contribution in [-0.4, -0.2) is 73.6 Å². The van der Waals surface area contributed by atoms with Crippen molar-refractivity contribution in [1.29, 1.82) is 0 Å². The average molecular weight is 214 g/mol. The van der Waals surface area contributed by atoms with Crippen LogP contribution in [0.3, 0.4) is 0 Å². The highest BCUT2D eigenvalue weighted by atomic mass is 16.2. The van der Waals surface area contributed by atoms with Gasteiger partial charge >= 0.3 is 6.03 Å². The molecule has 1 aliphatic rings. The first kappa shape index (κ1) is 12.3. The highest BCUT2D eigenvalue weighted by Crippen LogP contribution is 2.06. The van der Waals surface area contributed by atoms with Crippen molar-refractivity contribution in [3.63, 3.8) is 0 Å². The van der Waals surface area contributed by atoms with Crippen LogP contribution in [0.15, 0.2) is 0 Å². The van der Waals surface area contributed by atoms with E-state index in [1.165, 1.54) is 0 Å². The van der Waals surface area contributed by atoms with Gasteiger partial charge in [-0.25, -0.2) is 4.79 Å². The largest absolute Gasteiger partial charge is 0.331 e. The molecule has 1 atom stereocenters. The number of hydrogen-bond donors (Lipinski definition) is 1. The molecule has 1 saturated heterocycles. The van der Waals surface area contributed by atoms with Crippen molar-refractivity contribution in [1.82, 2.24) is 14.7 Å². The summed E-state index contributed by atoms with van der Waals surface area (Å²) in [4.78, 5) is 17.5. The maximum atomic E-state index is 11.7. The normalized spacial score (nSPS) is 20.1. The number of carbonyl (C=O) groups is 1. The van der Waals surface area contributed by atoms with Crippen molar-refractivity contribution < 1.29 is 4.79 Å². The molecule has 5 heteroatoms. The van der Waals surface area contributed by atoms with Crippen molar-refractivity contribution in [3.05, 3.63) is 0 Å². The third-order valence-electron chi connectivity index (χ3n) is 2.93. The summed E-state index contributed by atoms with van der Waals surface area (Å²) in [7, 11) is 3.58. The molecule has 5 nitrogen and oxygen atoms in total. The lowest BCUT2D eigenvalue weighted by atomic mass is 10.2. The molecule has 1 rings (SSSR count). The molecule has 0 saturated carbocycles. The lowest BCUT2D eigenvalue weighted by Crippen LogP contribution is -2.54. The van der Waals surface area contributed by atoms with E-state index in [0.717, 1.165) is 26.2 Å². The molecule has 1 fully saturated rings. The molecule has 15 heavy (non-hydrogen) atoms. The van der Waals surface area contributed by atoms with Gasteiger partial charge in [0.2, 0.25) is 0 Å². The summed E-state index contributed by atoms with van der Waals surface area (Å²) < 4.78 is 0. The topological polar surface area (TPSA) is 52.8 Å². The van der Waals surface area contributed by atoms with E-state index < -0.39 is 0 Å². The smallest absolute Gasteiger partial charge is 0.319 e. The third kappa shape index (κ3) is 3.07. The molecular weight excluding hydrogens is 192 g/mol.